The number of carbonyl (C=O) groups is 2. The molecule has 1 fully saturated rings. The number of aromatic nitrogens is 2. The molecule has 3 heterocycles. The smallest absolute Gasteiger partial charge is 0.238 e. The molecule has 3 aromatic rings. The number of likely N-dealkylation sites (tertiary alicyclic amines) is 1. The van der Waals surface area contributed by atoms with Crippen LogP contribution in [0.25, 0.3) is 11.0 Å². The maximum Gasteiger partial charge on any atom is 0.238 e. The van der Waals surface area contributed by atoms with E-state index in [0.29, 0.717) is 22.7 Å². The van der Waals surface area contributed by atoms with Gasteiger partial charge in [-0.25, -0.2) is 4.98 Å². The van der Waals surface area contributed by atoms with E-state index in [1.165, 1.54) is 6.92 Å². The lowest BCUT2D eigenvalue weighted by molar-refractivity contribution is -0.117. The molecule has 160 valence electrons. The van der Waals surface area contributed by atoms with E-state index in [-0.39, 0.29) is 30.9 Å². The zero-order valence-corrected chi connectivity index (χ0v) is 17.3. The van der Waals surface area contributed by atoms with Gasteiger partial charge in [0.25, 0.3) is 0 Å². The molecule has 0 spiro atoms. The van der Waals surface area contributed by atoms with Gasteiger partial charge in [-0.05, 0) is 44.5 Å². The number of imidazole rings is 1. The number of aromatic amines is 1. The van der Waals surface area contributed by atoms with Gasteiger partial charge >= 0.3 is 0 Å². The lowest BCUT2D eigenvalue weighted by Gasteiger charge is -2.31. The average molecular weight is 420 g/mol. The van der Waals surface area contributed by atoms with Gasteiger partial charge in [0.15, 0.2) is 17.3 Å². The minimum atomic E-state index is -0.161. The number of benzene rings is 2. The van der Waals surface area contributed by atoms with Crippen molar-refractivity contribution in [2.24, 2.45) is 0 Å². The molecule has 1 amide bonds. The number of rotatable bonds is 5. The van der Waals surface area contributed by atoms with Crippen molar-refractivity contribution in [3.8, 4) is 11.5 Å². The Balaban J connectivity index is 1.27. The highest BCUT2D eigenvalue weighted by molar-refractivity contribution is 6.05. The van der Waals surface area contributed by atoms with E-state index in [2.05, 4.69) is 15.2 Å². The first-order chi connectivity index (χ1) is 15.1. The molecule has 8 nitrogen and oxygen atoms in total. The summed E-state index contributed by atoms with van der Waals surface area (Å²) in [5, 5.41) is 2.88. The number of ether oxygens (including phenoxy) is 2. The second-order valence-corrected chi connectivity index (χ2v) is 8.07. The molecule has 8 heteroatoms. The third-order valence-electron chi connectivity index (χ3n) is 5.83. The number of nitrogens with zero attached hydrogens (tertiary/aromatic N) is 2. The van der Waals surface area contributed by atoms with E-state index in [4.69, 9.17) is 14.5 Å². The summed E-state index contributed by atoms with van der Waals surface area (Å²) >= 11 is 0. The largest absolute Gasteiger partial charge is 0.454 e. The number of carbonyl (C=O) groups excluding carboxylic acids is 2. The van der Waals surface area contributed by atoms with Crippen molar-refractivity contribution >= 4 is 28.4 Å². The first kappa shape index (κ1) is 19.6. The van der Waals surface area contributed by atoms with Crippen molar-refractivity contribution in [3.05, 3.63) is 47.8 Å². The molecule has 2 aliphatic heterocycles. The third-order valence-corrected chi connectivity index (χ3v) is 5.83. The molecule has 5 rings (SSSR count). The van der Waals surface area contributed by atoms with E-state index >= 15 is 0 Å². The fourth-order valence-corrected chi connectivity index (χ4v) is 4.32. The molecule has 1 saturated heterocycles. The lowest BCUT2D eigenvalue weighted by atomic mass is 9.97. The maximum atomic E-state index is 12.8. The highest BCUT2D eigenvalue weighted by Crippen LogP contribution is 2.37. The number of H-pyrrole nitrogens is 1. The van der Waals surface area contributed by atoms with E-state index in [0.717, 1.165) is 42.8 Å². The second-order valence-electron chi connectivity index (χ2n) is 8.07. The van der Waals surface area contributed by atoms with E-state index in [1.807, 2.05) is 24.3 Å². The van der Waals surface area contributed by atoms with Crippen molar-refractivity contribution in [1.29, 1.82) is 0 Å². The quantitative estimate of drug-likeness (QED) is 0.615. The van der Waals surface area contributed by atoms with Gasteiger partial charge in [-0.2, -0.15) is 0 Å². The molecular weight excluding hydrogens is 396 g/mol. The number of fused-ring (bicyclic) bond motifs is 2. The van der Waals surface area contributed by atoms with Crippen LogP contribution in [0.15, 0.2) is 36.4 Å². The summed E-state index contributed by atoms with van der Waals surface area (Å²) in [5.74, 6) is 1.98. The predicted molar refractivity (Wildman–Crippen MR) is 116 cm³/mol. The van der Waals surface area contributed by atoms with Crippen LogP contribution in [0.5, 0.6) is 11.5 Å². The zero-order valence-electron chi connectivity index (χ0n) is 17.3. The SMILES string of the molecule is CC(=O)c1cc2c(cc1NC(=O)CN1CCCC(c3nc4ccccc4[nH]3)C1)OCO2. The Labute approximate surface area is 179 Å². The fourth-order valence-electron chi connectivity index (χ4n) is 4.32. The van der Waals surface area contributed by atoms with Crippen LogP contribution in [-0.4, -0.2) is 53.0 Å². The summed E-state index contributed by atoms with van der Waals surface area (Å²) in [6, 6.07) is 11.3. The molecule has 2 N–H and O–H groups in total. The van der Waals surface area contributed by atoms with E-state index < -0.39 is 0 Å². The number of anilines is 1. The van der Waals surface area contributed by atoms with E-state index in [9.17, 15) is 9.59 Å². The summed E-state index contributed by atoms with van der Waals surface area (Å²) in [4.78, 5) is 35.1. The standard InChI is InChI=1S/C23H24N4O4/c1-14(28)16-9-20-21(31-13-30-20)10-19(16)24-22(29)12-27-8-4-5-15(11-27)23-25-17-6-2-3-7-18(17)26-23/h2-3,6-7,9-10,15H,4-5,8,11-13H2,1H3,(H,24,29)(H,25,26). The second kappa shape index (κ2) is 8.03. The van der Waals surface area contributed by atoms with Crippen LogP contribution in [0.1, 0.15) is 41.9 Å². The van der Waals surface area contributed by atoms with Crippen molar-refractivity contribution in [2.45, 2.75) is 25.7 Å². The van der Waals surface area contributed by atoms with Gasteiger partial charge in [-0.3, -0.25) is 14.5 Å². The first-order valence-electron chi connectivity index (χ1n) is 10.5. The molecule has 1 atom stereocenters. The third kappa shape index (κ3) is 3.98. The Bertz CT molecular complexity index is 1120. The summed E-state index contributed by atoms with van der Waals surface area (Å²) < 4.78 is 10.7. The van der Waals surface area contributed by atoms with Crippen molar-refractivity contribution in [3.63, 3.8) is 0 Å². The molecule has 0 radical (unpaired) electrons. The average Bonchev–Trinajstić information content (AvgIpc) is 3.39. The summed E-state index contributed by atoms with van der Waals surface area (Å²) in [7, 11) is 0. The minimum absolute atomic E-state index is 0.112. The Kier molecular flexibility index (Phi) is 5.07. The maximum absolute atomic E-state index is 12.8. The van der Waals surface area contributed by atoms with Gasteiger partial charge in [-0.15, -0.1) is 0 Å². The Morgan fingerprint density at radius 1 is 1.23 bits per heavy atom. The summed E-state index contributed by atoms with van der Waals surface area (Å²) in [6.45, 7) is 3.44. The predicted octanol–water partition coefficient (Wildman–Crippen LogP) is 3.31. The molecule has 1 aromatic heterocycles. The van der Waals surface area contributed by atoms with Crippen molar-refractivity contribution < 1.29 is 19.1 Å². The summed E-state index contributed by atoms with van der Waals surface area (Å²) in [6.07, 6.45) is 2.03. The highest BCUT2D eigenvalue weighted by Gasteiger charge is 2.26. The van der Waals surface area contributed by atoms with Crippen molar-refractivity contribution in [2.75, 3.05) is 31.7 Å². The number of amides is 1. The van der Waals surface area contributed by atoms with Gasteiger partial charge in [0.2, 0.25) is 12.7 Å². The van der Waals surface area contributed by atoms with Gasteiger partial charge in [0, 0.05) is 24.1 Å². The highest BCUT2D eigenvalue weighted by atomic mass is 16.7. The zero-order chi connectivity index (χ0) is 21.4. The Hall–Kier alpha value is -3.39. The number of Topliss-reactive ketones (excluding diaryl/α,β-unsaturated/α-hetero) is 1. The van der Waals surface area contributed by atoms with Gasteiger partial charge in [0.05, 0.1) is 23.3 Å². The van der Waals surface area contributed by atoms with Crippen LogP contribution >= 0.6 is 0 Å². The lowest BCUT2D eigenvalue weighted by Crippen LogP contribution is -2.40. The molecule has 31 heavy (non-hydrogen) atoms. The first-order valence-corrected chi connectivity index (χ1v) is 10.5. The molecule has 2 aliphatic rings. The van der Waals surface area contributed by atoms with Gasteiger partial charge < -0.3 is 19.8 Å². The monoisotopic (exact) mass is 420 g/mol. The fraction of sp³-hybridized carbons (Fsp3) is 0.348. The van der Waals surface area contributed by atoms with E-state index in [1.54, 1.807) is 12.1 Å². The number of nitrogens with one attached hydrogen (secondary N) is 2. The van der Waals surface area contributed by atoms with Gasteiger partial charge in [-0.1, -0.05) is 12.1 Å². The number of para-hydroxylation sites is 2. The van der Waals surface area contributed by atoms with Gasteiger partial charge in [0.1, 0.15) is 5.82 Å². The normalized spacial score (nSPS) is 18.3. The van der Waals surface area contributed by atoms with Crippen molar-refractivity contribution in [1.82, 2.24) is 14.9 Å². The molecule has 0 saturated carbocycles. The van der Waals surface area contributed by atoms with Crippen LogP contribution < -0.4 is 14.8 Å². The number of piperidine rings is 1. The molecule has 1 unspecified atom stereocenters. The Morgan fingerprint density at radius 3 is 2.84 bits per heavy atom. The van der Waals surface area contributed by atoms with Crippen LogP contribution in [-0.2, 0) is 4.79 Å². The molecule has 0 aliphatic carbocycles. The number of hydrogen-bond donors (Lipinski definition) is 2. The minimum Gasteiger partial charge on any atom is -0.454 e. The van der Waals surface area contributed by atoms with Crippen LogP contribution in [0.3, 0.4) is 0 Å². The Morgan fingerprint density at radius 2 is 2.03 bits per heavy atom. The summed E-state index contributed by atoms with van der Waals surface area (Å²) in [5.41, 5.74) is 2.86. The number of hydrogen-bond acceptors (Lipinski definition) is 6. The molecule has 2 aromatic carbocycles. The van der Waals surface area contributed by atoms with Crippen LogP contribution in [0, 0.1) is 0 Å². The van der Waals surface area contributed by atoms with Crippen LogP contribution in [0.2, 0.25) is 0 Å². The number of ketones is 1. The van der Waals surface area contributed by atoms with Crippen LogP contribution in [0.4, 0.5) is 5.69 Å². The molecular formula is C23H24N4O4. The topological polar surface area (TPSA) is 96.6 Å². The molecule has 0 bridgehead atoms.